The van der Waals surface area contributed by atoms with E-state index in [9.17, 15) is 18.3 Å². The van der Waals surface area contributed by atoms with Crippen molar-refractivity contribution < 1.29 is 27.8 Å². The molecule has 4 unspecified atom stereocenters. The van der Waals surface area contributed by atoms with Crippen molar-refractivity contribution in [2.45, 2.75) is 73.6 Å². The highest BCUT2D eigenvalue weighted by atomic mass is 32.2. The number of carbonyl (C=O) groups excluding carboxylic acids is 1. The summed E-state index contributed by atoms with van der Waals surface area (Å²) in [6, 6.07) is 38.5. The Morgan fingerprint density at radius 2 is 1.54 bits per heavy atom. The fraction of sp³-hybridized carbons (Fsp3) is 0.250. The SMILES string of the molecule is Cc1ccc(S(=O)(=O)NC(Cc2ccccc2)C(=O)NCc2ccccc2-c2ccc(C3OC(CSc4nnc(C)s4)CC(c4ccc(CO)cc4)O3)cc2)cc1. The van der Waals surface area contributed by atoms with Gasteiger partial charge in [0, 0.05) is 24.3 Å². The van der Waals surface area contributed by atoms with Gasteiger partial charge in [-0.05, 0) is 65.8 Å². The lowest BCUT2D eigenvalue weighted by molar-refractivity contribution is -0.245. The number of hydrogen-bond acceptors (Lipinski definition) is 10. The molecule has 4 atom stereocenters. The van der Waals surface area contributed by atoms with Crippen molar-refractivity contribution in [2.75, 3.05) is 5.75 Å². The number of benzene rings is 5. The highest BCUT2D eigenvalue weighted by Gasteiger charge is 2.33. The van der Waals surface area contributed by atoms with Gasteiger partial charge in [-0.25, -0.2) is 8.42 Å². The molecule has 13 heteroatoms. The largest absolute Gasteiger partial charge is 0.392 e. The number of aryl methyl sites for hydroxylation is 2. The molecule has 1 saturated heterocycles. The Bertz CT molecular complexity index is 2360. The van der Waals surface area contributed by atoms with Crippen LogP contribution in [0.15, 0.2) is 137 Å². The Morgan fingerprint density at radius 1 is 0.842 bits per heavy atom. The Morgan fingerprint density at radius 3 is 2.25 bits per heavy atom. The summed E-state index contributed by atoms with van der Waals surface area (Å²) in [5.41, 5.74) is 7.24. The van der Waals surface area contributed by atoms with Crippen molar-refractivity contribution in [1.82, 2.24) is 20.2 Å². The van der Waals surface area contributed by atoms with Crippen molar-refractivity contribution in [2.24, 2.45) is 0 Å². The second-order valence-electron chi connectivity index (χ2n) is 13.9. The van der Waals surface area contributed by atoms with Crippen LogP contribution in [-0.4, -0.2) is 47.5 Å². The number of hydrogen-bond donors (Lipinski definition) is 3. The lowest BCUT2D eigenvalue weighted by Crippen LogP contribution is -2.47. The molecule has 0 aliphatic carbocycles. The van der Waals surface area contributed by atoms with E-state index in [1.54, 1.807) is 47.4 Å². The number of aliphatic hydroxyl groups is 1. The van der Waals surface area contributed by atoms with Gasteiger partial charge in [-0.1, -0.05) is 144 Å². The molecule has 10 nitrogen and oxygen atoms in total. The highest BCUT2D eigenvalue weighted by molar-refractivity contribution is 8.01. The van der Waals surface area contributed by atoms with E-state index in [1.165, 1.54) is 0 Å². The monoisotopic (exact) mass is 820 g/mol. The smallest absolute Gasteiger partial charge is 0.241 e. The second kappa shape index (κ2) is 18.7. The Labute approximate surface area is 341 Å². The number of aromatic nitrogens is 2. The molecule has 57 heavy (non-hydrogen) atoms. The van der Waals surface area contributed by atoms with Gasteiger partial charge in [-0.15, -0.1) is 10.2 Å². The van der Waals surface area contributed by atoms with Crippen LogP contribution in [0.3, 0.4) is 0 Å². The van der Waals surface area contributed by atoms with E-state index in [0.29, 0.717) is 12.2 Å². The van der Waals surface area contributed by atoms with Crippen LogP contribution in [0.5, 0.6) is 0 Å². The molecular formula is C44H44N4O6S3. The van der Waals surface area contributed by atoms with Crippen LogP contribution in [0.4, 0.5) is 0 Å². The van der Waals surface area contributed by atoms with Crippen LogP contribution >= 0.6 is 23.1 Å². The molecule has 5 aromatic carbocycles. The number of carbonyl (C=O) groups is 1. The molecule has 0 bridgehead atoms. The summed E-state index contributed by atoms with van der Waals surface area (Å²) < 4.78 is 43.5. The van der Waals surface area contributed by atoms with E-state index >= 15 is 0 Å². The zero-order valence-corrected chi connectivity index (χ0v) is 34.0. The molecule has 2 heterocycles. The average molecular weight is 821 g/mol. The van der Waals surface area contributed by atoms with Gasteiger partial charge in [-0.2, -0.15) is 4.72 Å². The normalized spacial score (nSPS) is 17.6. The van der Waals surface area contributed by atoms with Crippen LogP contribution in [0, 0.1) is 13.8 Å². The number of sulfonamides is 1. The van der Waals surface area contributed by atoms with Gasteiger partial charge in [-0.3, -0.25) is 4.79 Å². The third-order valence-corrected chi connectivity index (χ3v) is 13.3. The summed E-state index contributed by atoms with van der Waals surface area (Å²) in [5, 5.41) is 21.9. The van der Waals surface area contributed by atoms with Gasteiger partial charge in [0.1, 0.15) is 11.0 Å². The summed E-state index contributed by atoms with van der Waals surface area (Å²) in [6.07, 6.45) is -0.0958. The van der Waals surface area contributed by atoms with Crippen LogP contribution < -0.4 is 10.0 Å². The van der Waals surface area contributed by atoms with E-state index in [2.05, 4.69) is 20.2 Å². The minimum atomic E-state index is -3.98. The van der Waals surface area contributed by atoms with Crippen LogP contribution in [-0.2, 0) is 43.9 Å². The van der Waals surface area contributed by atoms with E-state index in [0.717, 1.165) is 53.9 Å². The number of thioether (sulfide) groups is 1. The van der Waals surface area contributed by atoms with Gasteiger partial charge in [0.15, 0.2) is 10.6 Å². The lowest BCUT2D eigenvalue weighted by atomic mass is 9.97. The van der Waals surface area contributed by atoms with Gasteiger partial charge in [0.25, 0.3) is 0 Å². The standard InChI is InChI=1S/C44H44N4O6S3/c1-29-12-22-38(23-13-29)57(51,52)48-40(24-31-8-4-3-5-9-31)42(50)45-26-36-10-6-7-11-39(36)33-18-20-35(21-19-33)43-53-37(28-55-44-47-46-30(2)56-44)25-41(54-43)34-16-14-32(27-49)15-17-34/h3-23,37,40-41,43,48-49H,24-28H2,1-2H3,(H,45,50). The number of nitrogens with zero attached hydrogens (tertiary/aromatic N) is 2. The fourth-order valence-corrected chi connectivity index (χ4v) is 9.67. The number of ether oxygens (including phenoxy) is 2. The molecule has 294 valence electrons. The van der Waals surface area contributed by atoms with Crippen molar-refractivity contribution in [3.8, 4) is 11.1 Å². The molecular weight excluding hydrogens is 777 g/mol. The summed E-state index contributed by atoms with van der Waals surface area (Å²) in [7, 11) is -3.98. The maximum Gasteiger partial charge on any atom is 0.241 e. The van der Waals surface area contributed by atoms with E-state index in [1.807, 2.05) is 117 Å². The molecule has 1 fully saturated rings. The Kier molecular flexibility index (Phi) is 13.3. The quantitative estimate of drug-likeness (QED) is 0.0884. The highest BCUT2D eigenvalue weighted by Crippen LogP contribution is 2.40. The van der Waals surface area contributed by atoms with Crippen LogP contribution in [0.2, 0.25) is 0 Å². The second-order valence-corrected chi connectivity index (χ2v) is 18.1. The fourth-order valence-electron chi connectivity index (χ4n) is 6.62. The summed E-state index contributed by atoms with van der Waals surface area (Å²) >= 11 is 3.19. The predicted molar refractivity (Wildman–Crippen MR) is 223 cm³/mol. The third kappa shape index (κ3) is 10.6. The molecule has 1 aromatic heterocycles. The summed E-state index contributed by atoms with van der Waals surface area (Å²) in [6.45, 7) is 3.99. The topological polar surface area (TPSA) is 140 Å². The summed E-state index contributed by atoms with van der Waals surface area (Å²) in [5.74, 6) is 0.261. The first-order chi connectivity index (χ1) is 27.6. The Balaban J connectivity index is 1.06. The maximum absolute atomic E-state index is 13.8. The number of nitrogens with one attached hydrogen (secondary N) is 2. The Hall–Kier alpha value is -4.73. The van der Waals surface area contributed by atoms with Crippen molar-refractivity contribution in [3.63, 3.8) is 0 Å². The number of aliphatic hydroxyl groups excluding tert-OH is 1. The van der Waals surface area contributed by atoms with E-state index in [4.69, 9.17) is 9.47 Å². The molecule has 3 N–H and O–H groups in total. The predicted octanol–water partition coefficient (Wildman–Crippen LogP) is 7.86. The van der Waals surface area contributed by atoms with E-state index < -0.39 is 28.3 Å². The molecule has 0 spiro atoms. The first kappa shape index (κ1) is 40.5. The minimum absolute atomic E-state index is 0.0231. The molecule has 1 aliphatic rings. The maximum atomic E-state index is 13.8. The van der Waals surface area contributed by atoms with Crippen molar-refractivity contribution in [3.05, 3.63) is 166 Å². The molecule has 7 rings (SSSR count). The van der Waals surface area contributed by atoms with Crippen LogP contribution in [0.1, 0.15) is 57.2 Å². The van der Waals surface area contributed by atoms with Crippen molar-refractivity contribution >= 4 is 39.0 Å². The summed E-state index contributed by atoms with van der Waals surface area (Å²) in [4.78, 5) is 13.9. The molecule has 1 amide bonds. The molecule has 1 aliphatic heterocycles. The zero-order valence-electron chi connectivity index (χ0n) is 31.6. The van der Waals surface area contributed by atoms with Gasteiger partial charge in [0.2, 0.25) is 15.9 Å². The zero-order chi connectivity index (χ0) is 39.8. The van der Waals surface area contributed by atoms with E-state index in [-0.39, 0.29) is 36.7 Å². The molecule has 0 radical (unpaired) electrons. The lowest BCUT2D eigenvalue weighted by Gasteiger charge is -2.36. The van der Waals surface area contributed by atoms with Gasteiger partial charge >= 0.3 is 0 Å². The first-order valence-electron chi connectivity index (χ1n) is 18.7. The number of rotatable bonds is 15. The minimum Gasteiger partial charge on any atom is -0.392 e. The van der Waals surface area contributed by atoms with Crippen molar-refractivity contribution in [1.29, 1.82) is 0 Å². The van der Waals surface area contributed by atoms with Gasteiger partial charge in [0.05, 0.1) is 23.7 Å². The van der Waals surface area contributed by atoms with Gasteiger partial charge < -0.3 is 19.9 Å². The molecule has 6 aromatic rings. The molecule has 0 saturated carbocycles. The number of amides is 1. The first-order valence-corrected chi connectivity index (χ1v) is 21.9. The average Bonchev–Trinajstić information content (AvgIpc) is 3.67. The third-order valence-electron chi connectivity index (χ3n) is 9.71. The van der Waals surface area contributed by atoms with Crippen LogP contribution in [0.25, 0.3) is 11.1 Å².